The molecule has 1 aliphatic carbocycles. The molecule has 6 nitrogen and oxygen atoms in total. The van der Waals surface area contributed by atoms with E-state index in [1.165, 1.54) is 24.1 Å². The Hall–Kier alpha value is -2.41. The van der Waals surface area contributed by atoms with E-state index in [1.54, 1.807) is 11.8 Å². The number of benzene rings is 1. The highest BCUT2D eigenvalue weighted by Gasteiger charge is 2.42. The van der Waals surface area contributed by atoms with Crippen LogP contribution in [-0.2, 0) is 30.1 Å². The van der Waals surface area contributed by atoms with Gasteiger partial charge in [0.25, 0.3) is 0 Å². The fourth-order valence-corrected chi connectivity index (χ4v) is 7.00. The molecule has 0 saturated carbocycles. The lowest BCUT2D eigenvalue weighted by atomic mass is 9.88. The first-order valence-corrected chi connectivity index (χ1v) is 11.9. The second kappa shape index (κ2) is 5.81. The van der Waals surface area contributed by atoms with Gasteiger partial charge in [0.1, 0.15) is 4.90 Å². The van der Waals surface area contributed by atoms with Crippen LogP contribution >= 0.6 is 0 Å². The lowest BCUT2D eigenvalue weighted by Gasteiger charge is -2.27. The smallest absolute Gasteiger partial charge is 0.211 e. The Bertz CT molecular complexity index is 1170. The molecule has 5 heterocycles. The molecule has 148 valence electrons. The number of hydrogen-bond donors (Lipinski definition) is 0. The molecule has 3 aromatic rings. The molecule has 0 bridgehead atoms. The van der Waals surface area contributed by atoms with E-state index in [1.807, 2.05) is 6.20 Å². The van der Waals surface area contributed by atoms with Crippen LogP contribution in [0.5, 0.6) is 0 Å². The summed E-state index contributed by atoms with van der Waals surface area (Å²) in [5, 5.41) is 0. The van der Waals surface area contributed by atoms with Gasteiger partial charge in [0.15, 0.2) is 5.65 Å². The average molecular weight is 406 g/mol. The van der Waals surface area contributed by atoms with E-state index in [0.29, 0.717) is 17.6 Å². The number of rotatable bonds is 2. The molecule has 0 unspecified atom stereocenters. The van der Waals surface area contributed by atoms with Gasteiger partial charge in [-0.3, -0.25) is 8.61 Å². The van der Waals surface area contributed by atoms with E-state index in [0.717, 1.165) is 54.8 Å². The molecule has 7 heteroatoms. The number of aryl methyl sites for hydroxylation is 3. The lowest BCUT2D eigenvalue weighted by Crippen LogP contribution is -2.30. The molecule has 1 aromatic carbocycles. The molecule has 0 N–H and O–H groups in total. The lowest BCUT2D eigenvalue weighted by molar-refractivity contribution is 0.533. The summed E-state index contributed by atoms with van der Waals surface area (Å²) >= 11 is 0. The first-order chi connectivity index (χ1) is 14.2. The van der Waals surface area contributed by atoms with E-state index in [-0.39, 0.29) is 0 Å². The van der Waals surface area contributed by atoms with E-state index >= 15 is 0 Å². The maximum absolute atomic E-state index is 12.4. The van der Waals surface area contributed by atoms with Crippen molar-refractivity contribution >= 4 is 28.1 Å². The largest absolute Gasteiger partial charge is 0.371 e. The maximum atomic E-state index is 12.4. The van der Waals surface area contributed by atoms with Crippen molar-refractivity contribution in [1.82, 2.24) is 14.4 Å². The number of hydrogen-bond acceptors (Lipinski definition) is 5. The van der Waals surface area contributed by atoms with Gasteiger partial charge in [-0.2, -0.15) is 0 Å². The highest BCUT2D eigenvalue weighted by molar-refractivity contribution is 7.85. The normalized spacial score (nSPS) is 27.2. The average Bonchev–Trinajstić information content (AvgIpc) is 3.44. The van der Waals surface area contributed by atoms with Crippen molar-refractivity contribution in [2.75, 3.05) is 41.7 Å². The Morgan fingerprint density at radius 3 is 2.52 bits per heavy atom. The first-order valence-electron chi connectivity index (χ1n) is 10.6. The summed E-state index contributed by atoms with van der Waals surface area (Å²) in [7, 11) is -0.961. The van der Waals surface area contributed by atoms with Gasteiger partial charge in [0.2, 0.25) is 5.95 Å². The Balaban J connectivity index is 1.17. The van der Waals surface area contributed by atoms with Crippen LogP contribution in [0, 0.1) is 11.8 Å². The van der Waals surface area contributed by atoms with Gasteiger partial charge in [0, 0.05) is 68.3 Å². The molecule has 0 spiro atoms. The summed E-state index contributed by atoms with van der Waals surface area (Å²) in [6.45, 7) is 4.33. The Morgan fingerprint density at radius 2 is 1.76 bits per heavy atom. The van der Waals surface area contributed by atoms with E-state index in [4.69, 9.17) is 4.98 Å². The van der Waals surface area contributed by atoms with E-state index in [2.05, 4.69) is 37.4 Å². The first kappa shape index (κ1) is 16.4. The zero-order valence-electron chi connectivity index (χ0n) is 16.3. The minimum atomic E-state index is -0.961. The molecule has 2 fully saturated rings. The number of nitrogens with zero attached hydrogens (tertiary/aromatic N) is 5. The highest BCUT2D eigenvalue weighted by atomic mass is 32.2. The van der Waals surface area contributed by atoms with Crippen molar-refractivity contribution in [1.29, 1.82) is 0 Å². The predicted molar refractivity (Wildman–Crippen MR) is 113 cm³/mol. The van der Waals surface area contributed by atoms with Crippen LogP contribution in [0.1, 0.15) is 16.8 Å². The summed E-state index contributed by atoms with van der Waals surface area (Å²) < 4.78 is 14.4. The topological polar surface area (TPSA) is 53.7 Å². The van der Waals surface area contributed by atoms with Crippen molar-refractivity contribution in [2.24, 2.45) is 11.8 Å². The zero-order valence-corrected chi connectivity index (χ0v) is 17.1. The van der Waals surface area contributed by atoms with Crippen LogP contribution in [0.3, 0.4) is 0 Å². The Morgan fingerprint density at radius 1 is 0.966 bits per heavy atom. The third kappa shape index (κ3) is 2.31. The second-order valence-corrected chi connectivity index (χ2v) is 10.4. The zero-order chi connectivity index (χ0) is 19.1. The van der Waals surface area contributed by atoms with Gasteiger partial charge in [-0.1, -0.05) is 6.07 Å². The van der Waals surface area contributed by atoms with Crippen LogP contribution in [0.25, 0.3) is 5.65 Å². The SMILES string of the molecule is O=[S@]1CCc2nc(N3C[C@H]4CN(c5ccc6c(c5)CC6)C[C@H]4C3)n3ccnc3c21. The molecule has 3 atom stereocenters. The molecule has 2 saturated heterocycles. The van der Waals surface area contributed by atoms with Crippen LogP contribution in [-0.4, -0.2) is 50.5 Å². The van der Waals surface area contributed by atoms with Crippen molar-refractivity contribution < 1.29 is 4.21 Å². The van der Waals surface area contributed by atoms with Gasteiger partial charge in [-0.05, 0) is 36.1 Å². The van der Waals surface area contributed by atoms with Gasteiger partial charge >= 0.3 is 0 Å². The molecular formula is C22H23N5OS. The van der Waals surface area contributed by atoms with Crippen molar-refractivity contribution in [3.05, 3.63) is 47.4 Å². The fraction of sp³-hybridized carbons (Fsp3) is 0.455. The van der Waals surface area contributed by atoms with Gasteiger partial charge < -0.3 is 9.80 Å². The monoisotopic (exact) mass is 405 g/mol. The van der Waals surface area contributed by atoms with Gasteiger partial charge in [-0.25, -0.2) is 9.97 Å². The van der Waals surface area contributed by atoms with Crippen molar-refractivity contribution in [2.45, 2.75) is 24.2 Å². The van der Waals surface area contributed by atoms with E-state index < -0.39 is 10.8 Å². The molecule has 29 heavy (non-hydrogen) atoms. The summed E-state index contributed by atoms with van der Waals surface area (Å²) in [5.41, 5.74) is 6.30. The van der Waals surface area contributed by atoms with Crippen molar-refractivity contribution in [3.63, 3.8) is 0 Å². The minimum absolute atomic E-state index is 0.670. The number of aromatic nitrogens is 3. The predicted octanol–water partition coefficient (Wildman–Crippen LogP) is 2.06. The fourth-order valence-electron chi connectivity index (χ4n) is 5.65. The van der Waals surface area contributed by atoms with Crippen LogP contribution in [0.15, 0.2) is 35.5 Å². The summed E-state index contributed by atoms with van der Waals surface area (Å²) in [4.78, 5) is 15.3. The molecule has 3 aliphatic heterocycles. The third-order valence-electron chi connectivity index (χ3n) is 7.30. The van der Waals surface area contributed by atoms with Crippen LogP contribution in [0.2, 0.25) is 0 Å². The summed E-state index contributed by atoms with van der Waals surface area (Å²) in [6, 6.07) is 7.05. The molecule has 4 aliphatic rings. The van der Waals surface area contributed by atoms with Gasteiger partial charge in [0.05, 0.1) is 16.5 Å². The number of fused-ring (bicyclic) bond motifs is 5. The maximum Gasteiger partial charge on any atom is 0.211 e. The standard InChI is InChI=1S/C22H23N5OS/c28-29-8-5-19-20(29)21-23-6-7-27(21)22(24-19)26-12-16-10-25(11-17(16)13-26)18-4-3-14-1-2-15(14)9-18/h3-4,6-7,9,16-17H,1-2,5,8,10-13H2/t16-,17+,29-/m0/s1. The Labute approximate surface area is 172 Å². The van der Waals surface area contributed by atoms with Crippen LogP contribution < -0.4 is 9.80 Å². The molecule has 7 rings (SSSR count). The quantitative estimate of drug-likeness (QED) is 0.653. The van der Waals surface area contributed by atoms with Crippen molar-refractivity contribution in [3.8, 4) is 0 Å². The molecule has 0 amide bonds. The Kier molecular flexibility index (Phi) is 3.29. The molecule has 0 radical (unpaired) electrons. The van der Waals surface area contributed by atoms with E-state index in [9.17, 15) is 4.21 Å². The summed E-state index contributed by atoms with van der Waals surface area (Å²) in [5.74, 6) is 3.00. The third-order valence-corrected chi connectivity index (χ3v) is 8.74. The molecular weight excluding hydrogens is 382 g/mol. The second-order valence-electron chi connectivity index (χ2n) is 8.89. The minimum Gasteiger partial charge on any atom is -0.371 e. The summed E-state index contributed by atoms with van der Waals surface area (Å²) in [6.07, 6.45) is 7.06. The number of imidazole rings is 1. The van der Waals surface area contributed by atoms with Gasteiger partial charge in [-0.15, -0.1) is 0 Å². The number of anilines is 2. The van der Waals surface area contributed by atoms with Crippen LogP contribution in [0.4, 0.5) is 11.6 Å². The molecule has 2 aromatic heterocycles. The highest BCUT2D eigenvalue weighted by Crippen LogP contribution is 2.38.